The van der Waals surface area contributed by atoms with Crippen LogP contribution in [-0.2, 0) is 13.2 Å². The van der Waals surface area contributed by atoms with Crippen LogP contribution in [0.5, 0.6) is 23.0 Å². The molecule has 2 unspecified atom stereocenters. The molecule has 0 bridgehead atoms. The number of para-hydroxylation sites is 2. The molecule has 0 amide bonds. The van der Waals surface area contributed by atoms with Crippen molar-refractivity contribution < 1.29 is 58.6 Å². The van der Waals surface area contributed by atoms with Gasteiger partial charge in [0, 0.05) is 11.1 Å². The van der Waals surface area contributed by atoms with Crippen molar-refractivity contribution in [2.24, 2.45) is 58.2 Å². The van der Waals surface area contributed by atoms with Crippen LogP contribution in [0.1, 0.15) is 188 Å². The van der Waals surface area contributed by atoms with Gasteiger partial charge in [0.05, 0.1) is 24.3 Å². The van der Waals surface area contributed by atoms with E-state index in [1.807, 2.05) is 6.08 Å². The number of halogens is 2. The van der Waals surface area contributed by atoms with Gasteiger partial charge >= 0.3 is 23.9 Å². The zero-order valence-corrected chi connectivity index (χ0v) is 47.1. The molecule has 4 N–H and O–H groups in total. The van der Waals surface area contributed by atoms with Gasteiger partial charge in [-0.2, -0.15) is 0 Å². The summed E-state index contributed by atoms with van der Waals surface area (Å²) in [5.41, 5.74) is 1.99. The molecule has 0 saturated heterocycles. The average Bonchev–Trinajstić information content (AvgIpc) is 3.82. The number of allylic oxidation sites excluding steroid dienone is 1. The summed E-state index contributed by atoms with van der Waals surface area (Å²) in [5, 5.41) is 40.8. The highest BCUT2D eigenvalue weighted by Crippen LogP contribution is 2.69. The minimum atomic E-state index is -1.34. The molecule has 14 heteroatoms. The standard InChI is InChI=1S/C63H76Cl2O12/c1-35(2)12-8-13-36(3)49-22-23-50-44-21-20-42-28-37(24-26-62(42,4)51(44)25-27-63(49,50)5)14-9-17-43(40-29-47(60(70)71)56(52(64)31-40)76-33-38-15-10-18-45(58(66)67)54(38)74-6)41-30-48(61(72)73)57(53(65)32-41)77-34-39-16-11-19-46(59(68)69)55(39)75-7/h10-11,15-19,29-32,35-37,42,44,49-51H,8-9,12-14,20-28,33-34H2,1-7H3,(H,66,67)(H,68,69)(H,70,71)(H,72,73)/t36?,37-,42?,44-,49+,50-,51-,62-,63+/m0/s1. The summed E-state index contributed by atoms with van der Waals surface area (Å²) in [4.78, 5) is 50.1. The van der Waals surface area contributed by atoms with E-state index < -0.39 is 23.9 Å². The van der Waals surface area contributed by atoms with Gasteiger partial charge in [0.1, 0.15) is 47.0 Å². The maximum absolute atomic E-state index is 13.1. The molecule has 0 aliphatic heterocycles. The van der Waals surface area contributed by atoms with Crippen LogP contribution < -0.4 is 18.9 Å². The van der Waals surface area contributed by atoms with Gasteiger partial charge in [-0.1, -0.05) is 107 Å². The highest BCUT2D eigenvalue weighted by molar-refractivity contribution is 6.33. The summed E-state index contributed by atoms with van der Waals surface area (Å²) in [7, 11) is 2.67. The van der Waals surface area contributed by atoms with E-state index in [4.69, 9.17) is 42.1 Å². The Hall–Kier alpha value is -5.72. The maximum atomic E-state index is 13.1. The summed E-state index contributed by atoms with van der Waals surface area (Å²) in [6, 6.07) is 15.1. The molecule has 414 valence electrons. The Labute approximate surface area is 463 Å². The van der Waals surface area contributed by atoms with E-state index in [0.29, 0.717) is 56.9 Å². The molecule has 77 heavy (non-hydrogen) atoms. The van der Waals surface area contributed by atoms with Crippen molar-refractivity contribution in [1.29, 1.82) is 0 Å². The van der Waals surface area contributed by atoms with Crippen LogP contribution in [0.2, 0.25) is 10.0 Å². The van der Waals surface area contributed by atoms with E-state index in [2.05, 4.69) is 34.6 Å². The monoisotopic (exact) mass is 1090 g/mol. The fourth-order valence-electron chi connectivity index (χ4n) is 15.1. The van der Waals surface area contributed by atoms with Crippen LogP contribution in [0.25, 0.3) is 5.57 Å². The Bertz CT molecular complexity index is 2750. The predicted octanol–water partition coefficient (Wildman–Crippen LogP) is 15.9. The van der Waals surface area contributed by atoms with Crippen molar-refractivity contribution in [2.45, 2.75) is 138 Å². The second-order valence-electron chi connectivity index (χ2n) is 23.5. The zero-order valence-electron chi connectivity index (χ0n) is 45.6. The second kappa shape index (κ2) is 24.1. The third kappa shape index (κ3) is 11.9. The van der Waals surface area contributed by atoms with Crippen molar-refractivity contribution in [3.63, 3.8) is 0 Å². The van der Waals surface area contributed by atoms with Gasteiger partial charge in [-0.25, -0.2) is 19.2 Å². The first-order valence-electron chi connectivity index (χ1n) is 27.6. The highest BCUT2D eigenvalue weighted by atomic mass is 35.5. The second-order valence-corrected chi connectivity index (χ2v) is 24.3. The Balaban J connectivity index is 1.06. The van der Waals surface area contributed by atoms with Gasteiger partial charge < -0.3 is 39.4 Å². The largest absolute Gasteiger partial charge is 0.495 e. The topological polar surface area (TPSA) is 186 Å². The molecule has 8 rings (SSSR count). The number of carboxylic acid groups (broad SMARTS) is 4. The molecule has 4 saturated carbocycles. The van der Waals surface area contributed by atoms with Crippen LogP contribution in [0.4, 0.5) is 0 Å². The lowest BCUT2D eigenvalue weighted by atomic mass is 9.44. The molecule has 9 atom stereocenters. The summed E-state index contributed by atoms with van der Waals surface area (Å²) in [5.74, 6) is 0.611. The lowest BCUT2D eigenvalue weighted by Crippen LogP contribution is -2.53. The van der Waals surface area contributed by atoms with Crippen LogP contribution in [0.15, 0.2) is 66.7 Å². The average molecular weight is 1100 g/mol. The number of carboxylic acids is 4. The van der Waals surface area contributed by atoms with Crippen molar-refractivity contribution in [2.75, 3.05) is 14.2 Å². The molecule has 12 nitrogen and oxygen atoms in total. The van der Waals surface area contributed by atoms with E-state index in [0.717, 1.165) is 54.8 Å². The van der Waals surface area contributed by atoms with Crippen molar-refractivity contribution in [3.05, 3.63) is 121 Å². The summed E-state index contributed by atoms with van der Waals surface area (Å²) >= 11 is 13.9. The quantitative estimate of drug-likeness (QED) is 0.0584. The number of fused-ring (bicyclic) bond motifs is 5. The molecule has 4 fully saturated rings. The molecule has 4 aromatic carbocycles. The van der Waals surface area contributed by atoms with Crippen molar-refractivity contribution in [1.82, 2.24) is 0 Å². The van der Waals surface area contributed by atoms with E-state index in [-0.39, 0.29) is 68.5 Å². The van der Waals surface area contributed by atoms with E-state index in [9.17, 15) is 39.6 Å². The number of aromatic carboxylic acids is 4. The molecular formula is C63H76Cl2O12. The Morgan fingerprint density at radius 2 is 1.16 bits per heavy atom. The minimum absolute atomic E-state index is 0.0457. The van der Waals surface area contributed by atoms with Gasteiger partial charge in [0.15, 0.2) is 11.5 Å². The van der Waals surface area contributed by atoms with Gasteiger partial charge in [-0.05, 0) is 182 Å². The molecular weight excluding hydrogens is 1020 g/mol. The fourth-order valence-corrected chi connectivity index (χ4v) is 15.7. The van der Waals surface area contributed by atoms with Crippen LogP contribution in [0.3, 0.4) is 0 Å². The van der Waals surface area contributed by atoms with Crippen LogP contribution in [-0.4, -0.2) is 58.5 Å². The molecule has 0 radical (unpaired) electrons. The third-order valence-corrected chi connectivity index (χ3v) is 19.4. The molecule has 4 aliphatic carbocycles. The Kier molecular flexibility index (Phi) is 18.0. The normalized spacial score (nSPS) is 24.9. The lowest BCUT2D eigenvalue weighted by Gasteiger charge is -2.61. The molecule has 0 heterocycles. The molecule has 4 aromatic rings. The number of hydrogen-bond donors (Lipinski definition) is 4. The first-order valence-corrected chi connectivity index (χ1v) is 28.3. The summed E-state index contributed by atoms with van der Waals surface area (Å²) < 4.78 is 22.9. The Morgan fingerprint density at radius 1 is 0.636 bits per heavy atom. The smallest absolute Gasteiger partial charge is 0.339 e. The van der Waals surface area contributed by atoms with Crippen molar-refractivity contribution >= 4 is 52.7 Å². The van der Waals surface area contributed by atoms with Crippen LogP contribution in [0, 0.1) is 58.2 Å². The van der Waals surface area contributed by atoms with E-state index >= 15 is 0 Å². The molecule has 4 aliphatic rings. The van der Waals surface area contributed by atoms with E-state index in [1.165, 1.54) is 115 Å². The summed E-state index contributed by atoms with van der Waals surface area (Å²) in [6.45, 7) is 12.0. The maximum Gasteiger partial charge on any atom is 0.339 e. The predicted molar refractivity (Wildman–Crippen MR) is 298 cm³/mol. The lowest BCUT2D eigenvalue weighted by molar-refractivity contribution is -0.121. The number of carbonyl (C=O) groups is 4. The highest BCUT2D eigenvalue weighted by Gasteiger charge is 2.60. The third-order valence-electron chi connectivity index (χ3n) is 18.9. The number of rotatable bonds is 22. The van der Waals surface area contributed by atoms with Gasteiger partial charge in [-0.15, -0.1) is 0 Å². The van der Waals surface area contributed by atoms with Gasteiger partial charge in [-0.3, -0.25) is 0 Å². The van der Waals surface area contributed by atoms with Gasteiger partial charge in [0.2, 0.25) is 0 Å². The first-order chi connectivity index (χ1) is 36.7. The van der Waals surface area contributed by atoms with E-state index in [1.54, 1.807) is 24.3 Å². The number of benzene rings is 4. The molecule has 0 spiro atoms. The van der Waals surface area contributed by atoms with Gasteiger partial charge in [0.25, 0.3) is 0 Å². The Morgan fingerprint density at radius 3 is 1.66 bits per heavy atom. The number of methoxy groups -OCH3 is 2. The van der Waals surface area contributed by atoms with Crippen LogP contribution >= 0.6 is 23.2 Å². The fraction of sp³-hybridized carbons (Fsp3) is 0.524. The summed E-state index contributed by atoms with van der Waals surface area (Å²) in [6.07, 6.45) is 19.0. The number of hydrogen-bond acceptors (Lipinski definition) is 8. The zero-order chi connectivity index (χ0) is 55.5. The first kappa shape index (κ1) is 57.5. The molecule has 0 aromatic heterocycles. The SMILES string of the molecule is COc1c(COc2c(Cl)cc(C(=CCC[C@H]3CC[C@@]4(C)C(CC[C@H]5[C@@H]6CC[C@H](C(C)CCCC(C)C)[C@@]6(C)CC[C@@H]54)C3)c3cc(Cl)c(OCc4cccc(C(=O)O)c4OC)c(C(=O)O)c3)cc2C(=O)O)cccc1C(=O)O. The van der Waals surface area contributed by atoms with Crippen molar-refractivity contribution in [3.8, 4) is 23.0 Å². The number of ether oxygens (including phenoxy) is 4. The minimum Gasteiger partial charge on any atom is -0.495 e.